The van der Waals surface area contributed by atoms with Gasteiger partial charge >= 0.3 is 17.8 Å². The highest BCUT2D eigenvalue weighted by atomic mass is 32.2. The predicted molar refractivity (Wildman–Crippen MR) is 85.4 cm³/mol. The smallest absolute Gasteiger partial charge is 0.293 e. The molecule has 2 aromatic heterocycles. The summed E-state index contributed by atoms with van der Waals surface area (Å²) in [5.41, 5.74) is -1.93. The van der Waals surface area contributed by atoms with Crippen molar-refractivity contribution in [2.75, 3.05) is 5.75 Å². The Hall–Kier alpha value is -2.44. The summed E-state index contributed by atoms with van der Waals surface area (Å²) in [4.78, 5) is 18.9. The molecule has 0 aliphatic rings. The van der Waals surface area contributed by atoms with Gasteiger partial charge in [-0.3, -0.25) is 9.55 Å². The maximum Gasteiger partial charge on any atom is 0.425 e. The summed E-state index contributed by atoms with van der Waals surface area (Å²) in [5.74, 6) is -5.20. The van der Waals surface area contributed by atoms with E-state index >= 15 is 0 Å². The third-order valence-corrected chi connectivity index (χ3v) is 5.40. The van der Waals surface area contributed by atoms with Crippen molar-refractivity contribution >= 4 is 9.84 Å². The maximum atomic E-state index is 13.5. The minimum Gasteiger partial charge on any atom is -0.293 e. The first-order valence-corrected chi connectivity index (χ1v) is 9.29. The highest BCUT2D eigenvalue weighted by Gasteiger charge is 2.57. The average Bonchev–Trinajstić information content (AvgIpc) is 2.62. The van der Waals surface area contributed by atoms with E-state index in [-0.39, 0.29) is 26.6 Å². The van der Waals surface area contributed by atoms with Gasteiger partial charge in [0, 0.05) is 12.4 Å². The van der Waals surface area contributed by atoms with E-state index in [1.165, 1.54) is 25.3 Å². The van der Waals surface area contributed by atoms with E-state index in [0.29, 0.717) is 6.20 Å². The SMILES string of the molecule is CCS(=O)(=O)c1cccnc1-c1ccn(CC(F)(F)C(F)C(F)(F)F)c(=O)n1. The van der Waals surface area contributed by atoms with Crippen LogP contribution >= 0.6 is 0 Å². The average molecular weight is 429 g/mol. The second kappa shape index (κ2) is 7.53. The predicted octanol–water partition coefficient (Wildman–Crippen LogP) is 2.63. The Morgan fingerprint density at radius 2 is 1.82 bits per heavy atom. The molecule has 154 valence electrons. The van der Waals surface area contributed by atoms with Crippen LogP contribution in [0.4, 0.5) is 26.3 Å². The van der Waals surface area contributed by atoms with Crippen molar-refractivity contribution in [3.8, 4) is 11.4 Å². The van der Waals surface area contributed by atoms with Crippen LogP contribution in [-0.4, -0.2) is 47.0 Å². The lowest BCUT2D eigenvalue weighted by Crippen LogP contribution is -2.46. The Morgan fingerprint density at radius 1 is 1.18 bits per heavy atom. The van der Waals surface area contributed by atoms with E-state index in [1.54, 1.807) is 0 Å². The molecule has 2 heterocycles. The van der Waals surface area contributed by atoms with Gasteiger partial charge in [-0.05, 0) is 18.2 Å². The molecule has 0 aromatic carbocycles. The van der Waals surface area contributed by atoms with Gasteiger partial charge in [0.05, 0.1) is 22.9 Å². The minimum absolute atomic E-state index is 0.0960. The molecule has 0 spiro atoms. The molecular weight excluding hydrogens is 416 g/mol. The quantitative estimate of drug-likeness (QED) is 0.660. The summed E-state index contributed by atoms with van der Waals surface area (Å²) in [6.07, 6.45) is -8.40. The topological polar surface area (TPSA) is 81.9 Å². The Morgan fingerprint density at radius 3 is 2.36 bits per heavy atom. The van der Waals surface area contributed by atoms with Crippen LogP contribution in [0.2, 0.25) is 0 Å². The highest BCUT2D eigenvalue weighted by molar-refractivity contribution is 7.91. The van der Waals surface area contributed by atoms with Gasteiger partial charge in [0.25, 0.3) is 6.17 Å². The van der Waals surface area contributed by atoms with Gasteiger partial charge in [0.15, 0.2) is 9.84 Å². The van der Waals surface area contributed by atoms with Crippen LogP contribution in [0.5, 0.6) is 0 Å². The van der Waals surface area contributed by atoms with Gasteiger partial charge in [0.1, 0.15) is 5.69 Å². The number of hydrogen-bond acceptors (Lipinski definition) is 5. The third kappa shape index (κ3) is 4.51. The number of aromatic nitrogens is 3. The van der Waals surface area contributed by atoms with Crippen molar-refractivity contribution in [1.82, 2.24) is 14.5 Å². The molecule has 0 aliphatic carbocycles. The zero-order chi connectivity index (χ0) is 21.3. The molecule has 2 aromatic rings. The number of nitrogens with zero attached hydrogens (tertiary/aromatic N) is 3. The lowest BCUT2D eigenvalue weighted by Gasteiger charge is -2.23. The Bertz CT molecular complexity index is 1020. The largest absolute Gasteiger partial charge is 0.425 e. The molecule has 1 atom stereocenters. The van der Waals surface area contributed by atoms with Crippen LogP contribution in [0.15, 0.2) is 40.3 Å². The van der Waals surface area contributed by atoms with Crippen LogP contribution < -0.4 is 5.69 Å². The number of alkyl halides is 6. The van der Waals surface area contributed by atoms with Gasteiger partial charge in [0.2, 0.25) is 0 Å². The summed E-state index contributed by atoms with van der Waals surface area (Å²) in [5, 5.41) is 0. The van der Waals surface area contributed by atoms with E-state index in [1.807, 2.05) is 0 Å². The summed E-state index contributed by atoms with van der Waals surface area (Å²) in [6, 6.07) is 3.46. The molecule has 0 radical (unpaired) electrons. The number of hydrogen-bond donors (Lipinski definition) is 0. The second-order valence-electron chi connectivity index (χ2n) is 5.64. The van der Waals surface area contributed by atoms with Crippen molar-refractivity contribution < 1.29 is 34.8 Å². The Kier molecular flexibility index (Phi) is 5.87. The molecule has 13 heteroatoms. The molecule has 2 rings (SSSR count). The maximum absolute atomic E-state index is 13.5. The van der Waals surface area contributed by atoms with Crippen molar-refractivity contribution in [2.45, 2.75) is 36.6 Å². The minimum atomic E-state index is -5.81. The monoisotopic (exact) mass is 429 g/mol. The van der Waals surface area contributed by atoms with E-state index < -0.39 is 40.3 Å². The lowest BCUT2D eigenvalue weighted by atomic mass is 10.2. The second-order valence-corrected chi connectivity index (χ2v) is 7.89. The summed E-state index contributed by atoms with van der Waals surface area (Å²) in [7, 11) is -3.76. The highest BCUT2D eigenvalue weighted by Crippen LogP contribution is 2.35. The number of pyridine rings is 1. The standard InChI is InChI=1S/C15H13F6N3O3S/c1-2-28(26,27)10-4-3-6-22-11(10)9-5-7-24(13(25)23-9)8-14(17,18)12(16)15(19,20)21/h3-7,12H,2,8H2,1H3. The molecule has 0 bridgehead atoms. The molecule has 28 heavy (non-hydrogen) atoms. The Balaban J connectivity index is 2.44. The first-order chi connectivity index (χ1) is 12.8. The van der Waals surface area contributed by atoms with Gasteiger partial charge in [-0.1, -0.05) is 6.92 Å². The Labute approximate surface area is 154 Å². The molecular formula is C15H13F6N3O3S. The molecule has 0 fully saturated rings. The van der Waals surface area contributed by atoms with Crippen molar-refractivity contribution in [3.63, 3.8) is 0 Å². The van der Waals surface area contributed by atoms with E-state index in [2.05, 4.69) is 9.97 Å². The van der Waals surface area contributed by atoms with Gasteiger partial charge in [-0.15, -0.1) is 0 Å². The molecule has 0 saturated carbocycles. The van der Waals surface area contributed by atoms with Crippen LogP contribution in [0, 0.1) is 0 Å². The van der Waals surface area contributed by atoms with Crippen molar-refractivity contribution in [3.05, 3.63) is 41.1 Å². The number of halogens is 6. The lowest BCUT2D eigenvalue weighted by molar-refractivity contribution is -0.247. The zero-order valence-electron chi connectivity index (χ0n) is 14.1. The van der Waals surface area contributed by atoms with E-state index in [0.717, 1.165) is 6.07 Å². The van der Waals surface area contributed by atoms with E-state index in [9.17, 15) is 39.6 Å². The van der Waals surface area contributed by atoms with Crippen LogP contribution in [-0.2, 0) is 16.4 Å². The van der Waals surface area contributed by atoms with E-state index in [4.69, 9.17) is 0 Å². The molecule has 6 nitrogen and oxygen atoms in total. The fourth-order valence-electron chi connectivity index (χ4n) is 2.22. The molecule has 0 saturated heterocycles. The first-order valence-electron chi connectivity index (χ1n) is 7.64. The third-order valence-electron chi connectivity index (χ3n) is 3.64. The first kappa shape index (κ1) is 21.9. The summed E-state index contributed by atoms with van der Waals surface area (Å²) in [6.45, 7) is -0.532. The number of sulfone groups is 1. The van der Waals surface area contributed by atoms with Gasteiger partial charge < -0.3 is 0 Å². The van der Waals surface area contributed by atoms with Gasteiger partial charge in [-0.25, -0.2) is 26.4 Å². The summed E-state index contributed by atoms with van der Waals surface area (Å²) < 4.78 is 101. The fourth-order valence-corrected chi connectivity index (χ4v) is 3.27. The molecule has 0 aliphatic heterocycles. The normalized spacial score (nSPS) is 14.1. The molecule has 1 unspecified atom stereocenters. The van der Waals surface area contributed by atoms with Gasteiger partial charge in [-0.2, -0.15) is 18.2 Å². The fraction of sp³-hybridized carbons (Fsp3) is 0.400. The van der Waals surface area contributed by atoms with Crippen LogP contribution in [0.25, 0.3) is 11.4 Å². The van der Waals surface area contributed by atoms with Crippen LogP contribution in [0.1, 0.15) is 6.92 Å². The summed E-state index contributed by atoms with van der Waals surface area (Å²) >= 11 is 0. The van der Waals surface area contributed by atoms with Crippen molar-refractivity contribution in [2.24, 2.45) is 0 Å². The number of rotatable bonds is 6. The van der Waals surface area contributed by atoms with Crippen molar-refractivity contribution in [1.29, 1.82) is 0 Å². The zero-order valence-corrected chi connectivity index (χ0v) is 14.9. The molecule has 0 amide bonds. The van der Waals surface area contributed by atoms with Crippen LogP contribution in [0.3, 0.4) is 0 Å². The molecule has 0 N–H and O–H groups in total.